The van der Waals surface area contributed by atoms with Crippen LogP contribution in [0.15, 0.2) is 30.4 Å². The molecule has 0 unspecified atom stereocenters. The average Bonchev–Trinajstić information content (AvgIpc) is 2.32. The molecule has 0 radical (unpaired) electrons. The van der Waals surface area contributed by atoms with E-state index >= 15 is 0 Å². The second-order valence-corrected chi connectivity index (χ2v) is 5.18. The van der Waals surface area contributed by atoms with Gasteiger partial charge in [-0.25, -0.2) is 4.39 Å². The van der Waals surface area contributed by atoms with Crippen molar-refractivity contribution in [2.45, 2.75) is 26.7 Å². The molecule has 1 aromatic rings. The van der Waals surface area contributed by atoms with Gasteiger partial charge in [0.1, 0.15) is 5.82 Å². The minimum atomic E-state index is -0.304. The first kappa shape index (κ1) is 15.2. The summed E-state index contributed by atoms with van der Waals surface area (Å²) in [7, 11) is 0. The molecule has 0 fully saturated rings. The van der Waals surface area contributed by atoms with Crippen molar-refractivity contribution in [1.82, 2.24) is 5.32 Å². The molecule has 0 bridgehead atoms. The molecule has 0 saturated heterocycles. The molecule has 0 aliphatic rings. The van der Waals surface area contributed by atoms with Crippen LogP contribution in [-0.4, -0.2) is 13.1 Å². The first-order chi connectivity index (χ1) is 8.61. The Balaban J connectivity index is 2.26. The molecule has 0 aliphatic carbocycles. The predicted molar refractivity (Wildman–Crippen MR) is 76.6 cm³/mol. The number of halogens is 2. The molecular formula is C15H21ClFN. The van der Waals surface area contributed by atoms with Crippen LogP contribution in [0.25, 0.3) is 0 Å². The molecule has 100 valence electrons. The molecule has 0 amide bonds. The van der Waals surface area contributed by atoms with E-state index in [9.17, 15) is 4.39 Å². The molecule has 1 rings (SSSR count). The topological polar surface area (TPSA) is 12.0 Å². The van der Waals surface area contributed by atoms with Crippen LogP contribution in [-0.2, 0) is 6.42 Å². The summed E-state index contributed by atoms with van der Waals surface area (Å²) in [5, 5.41) is 3.55. The van der Waals surface area contributed by atoms with Crippen molar-refractivity contribution in [3.63, 3.8) is 0 Å². The molecule has 1 nitrogen and oxygen atoms in total. The van der Waals surface area contributed by atoms with Crippen molar-refractivity contribution < 1.29 is 4.39 Å². The molecule has 0 saturated carbocycles. The number of allylic oxidation sites excluding steroid dienone is 1. The third-order valence-electron chi connectivity index (χ3n) is 2.58. The van der Waals surface area contributed by atoms with E-state index in [0.29, 0.717) is 17.9 Å². The molecule has 18 heavy (non-hydrogen) atoms. The molecule has 3 heteroatoms. The van der Waals surface area contributed by atoms with Crippen molar-refractivity contribution in [2.75, 3.05) is 13.1 Å². The maximum atomic E-state index is 13.5. The summed E-state index contributed by atoms with van der Waals surface area (Å²) >= 11 is 5.72. The van der Waals surface area contributed by atoms with Gasteiger partial charge >= 0.3 is 0 Å². The Kier molecular flexibility index (Phi) is 6.99. The summed E-state index contributed by atoms with van der Waals surface area (Å²) < 4.78 is 13.5. The molecule has 0 spiro atoms. The van der Waals surface area contributed by atoms with Crippen molar-refractivity contribution in [3.8, 4) is 0 Å². The predicted octanol–water partition coefficient (Wildman–Crippen LogP) is 4.21. The summed E-state index contributed by atoms with van der Waals surface area (Å²) in [6.45, 7) is 6.37. The zero-order valence-corrected chi connectivity index (χ0v) is 11.8. The maximum Gasteiger partial charge on any atom is 0.145 e. The number of rotatable bonds is 7. The van der Waals surface area contributed by atoms with Crippen LogP contribution in [0.3, 0.4) is 0 Å². The van der Waals surface area contributed by atoms with Gasteiger partial charge in [-0.2, -0.15) is 0 Å². The van der Waals surface area contributed by atoms with Crippen LogP contribution < -0.4 is 5.32 Å². The first-order valence-corrected chi connectivity index (χ1v) is 6.77. The van der Waals surface area contributed by atoms with Gasteiger partial charge in [0, 0.05) is 0 Å². The average molecular weight is 270 g/mol. The Bertz CT molecular complexity index is 388. The van der Waals surface area contributed by atoms with Gasteiger partial charge in [-0.05, 0) is 43.5 Å². The standard InChI is InChI=1S/C15H21ClFN/c1-12(2)11-18-10-5-3-4-7-13-8-6-9-14(16)15(13)17/h3-4,6,8-9,12,18H,5,7,10-11H2,1-2H3/b4-3+. The monoisotopic (exact) mass is 269 g/mol. The van der Waals surface area contributed by atoms with Gasteiger partial charge < -0.3 is 5.32 Å². The van der Waals surface area contributed by atoms with Crippen molar-refractivity contribution in [2.24, 2.45) is 5.92 Å². The van der Waals surface area contributed by atoms with Crippen LogP contribution in [0.4, 0.5) is 4.39 Å². The molecule has 1 N–H and O–H groups in total. The van der Waals surface area contributed by atoms with Crippen molar-refractivity contribution in [1.29, 1.82) is 0 Å². The quantitative estimate of drug-likeness (QED) is 0.577. The van der Waals surface area contributed by atoms with E-state index in [4.69, 9.17) is 11.6 Å². The van der Waals surface area contributed by atoms with E-state index < -0.39 is 0 Å². The summed E-state index contributed by atoms with van der Waals surface area (Å²) in [5.74, 6) is 0.372. The smallest absolute Gasteiger partial charge is 0.145 e. The molecule has 0 heterocycles. The van der Waals surface area contributed by atoms with Crippen LogP contribution >= 0.6 is 11.6 Å². The third-order valence-corrected chi connectivity index (χ3v) is 2.87. The largest absolute Gasteiger partial charge is 0.316 e. The maximum absolute atomic E-state index is 13.5. The Morgan fingerprint density at radius 2 is 2.11 bits per heavy atom. The summed E-state index contributed by atoms with van der Waals surface area (Å²) in [6.07, 6.45) is 5.63. The lowest BCUT2D eigenvalue weighted by molar-refractivity contribution is 0.556. The Hall–Kier alpha value is -0.860. The summed E-state index contributed by atoms with van der Waals surface area (Å²) in [6, 6.07) is 5.11. The fourth-order valence-electron chi connectivity index (χ4n) is 1.61. The van der Waals surface area contributed by atoms with Gasteiger partial charge in [0.2, 0.25) is 0 Å². The van der Waals surface area contributed by atoms with Gasteiger partial charge in [0.25, 0.3) is 0 Å². The zero-order valence-electron chi connectivity index (χ0n) is 11.0. The van der Waals surface area contributed by atoms with E-state index in [1.54, 1.807) is 18.2 Å². The van der Waals surface area contributed by atoms with Crippen LogP contribution in [0.5, 0.6) is 0 Å². The lowest BCUT2D eigenvalue weighted by atomic mass is 10.1. The molecule has 0 aliphatic heterocycles. The van der Waals surface area contributed by atoms with E-state index in [2.05, 4.69) is 25.2 Å². The van der Waals surface area contributed by atoms with Crippen LogP contribution in [0, 0.1) is 11.7 Å². The fourth-order valence-corrected chi connectivity index (χ4v) is 1.80. The summed E-state index contributed by atoms with van der Waals surface area (Å²) in [5.41, 5.74) is 0.647. The highest BCUT2D eigenvalue weighted by Gasteiger charge is 2.03. The number of hydrogen-bond acceptors (Lipinski definition) is 1. The van der Waals surface area contributed by atoms with Crippen LogP contribution in [0.2, 0.25) is 5.02 Å². The number of benzene rings is 1. The van der Waals surface area contributed by atoms with E-state index in [-0.39, 0.29) is 10.8 Å². The minimum absolute atomic E-state index is 0.194. The van der Waals surface area contributed by atoms with Gasteiger partial charge in [0.05, 0.1) is 5.02 Å². The van der Waals surface area contributed by atoms with Crippen molar-refractivity contribution >= 4 is 11.6 Å². The molecule has 0 aromatic heterocycles. The van der Waals surface area contributed by atoms with E-state index in [1.165, 1.54) is 0 Å². The lowest BCUT2D eigenvalue weighted by Crippen LogP contribution is -2.20. The minimum Gasteiger partial charge on any atom is -0.316 e. The van der Waals surface area contributed by atoms with Crippen molar-refractivity contribution in [3.05, 3.63) is 46.8 Å². The second-order valence-electron chi connectivity index (χ2n) is 4.78. The molecule has 1 aromatic carbocycles. The highest BCUT2D eigenvalue weighted by atomic mass is 35.5. The Morgan fingerprint density at radius 3 is 2.83 bits per heavy atom. The highest BCUT2D eigenvalue weighted by molar-refractivity contribution is 6.30. The van der Waals surface area contributed by atoms with Gasteiger partial charge in [0.15, 0.2) is 0 Å². The Morgan fingerprint density at radius 1 is 1.33 bits per heavy atom. The second kappa shape index (κ2) is 8.28. The van der Waals surface area contributed by atoms with Gasteiger partial charge in [-0.1, -0.05) is 49.7 Å². The van der Waals surface area contributed by atoms with Crippen LogP contribution in [0.1, 0.15) is 25.8 Å². The highest BCUT2D eigenvalue weighted by Crippen LogP contribution is 2.18. The normalized spacial score (nSPS) is 11.6. The lowest BCUT2D eigenvalue weighted by Gasteiger charge is -2.05. The van der Waals surface area contributed by atoms with Gasteiger partial charge in [-0.15, -0.1) is 0 Å². The number of nitrogens with one attached hydrogen (secondary N) is 1. The Labute approximate surface area is 114 Å². The summed E-state index contributed by atoms with van der Waals surface area (Å²) in [4.78, 5) is 0. The first-order valence-electron chi connectivity index (χ1n) is 6.40. The third kappa shape index (κ3) is 5.65. The SMILES string of the molecule is CC(C)CNCC/C=C/Cc1cccc(Cl)c1F. The fraction of sp³-hybridized carbons (Fsp3) is 0.467. The van der Waals surface area contributed by atoms with E-state index in [0.717, 1.165) is 19.5 Å². The van der Waals surface area contributed by atoms with Gasteiger partial charge in [-0.3, -0.25) is 0 Å². The van der Waals surface area contributed by atoms with E-state index in [1.807, 2.05) is 6.08 Å². The number of hydrogen-bond donors (Lipinski definition) is 1. The molecule has 0 atom stereocenters. The molecular weight excluding hydrogens is 249 g/mol. The zero-order chi connectivity index (χ0) is 13.4.